The molecule has 1 aliphatic rings. The van der Waals surface area contributed by atoms with Gasteiger partial charge in [-0.25, -0.2) is 4.99 Å². The summed E-state index contributed by atoms with van der Waals surface area (Å²) in [6.45, 7) is 4.27. The van der Waals surface area contributed by atoms with Gasteiger partial charge in [0, 0.05) is 16.2 Å². The van der Waals surface area contributed by atoms with Crippen molar-refractivity contribution in [3.8, 4) is 0 Å². The second-order valence-electron chi connectivity index (χ2n) is 3.35. The zero-order valence-corrected chi connectivity index (χ0v) is 10.5. The fraction of sp³-hybridized carbons (Fsp3) is 0.300. The van der Waals surface area contributed by atoms with E-state index in [4.69, 9.17) is 5.73 Å². The number of fused-ring (bicyclic) bond motifs is 1. The van der Waals surface area contributed by atoms with Crippen LogP contribution in [0.3, 0.4) is 0 Å². The smallest absolute Gasteiger partial charge is 0.108 e. The molecular weight excluding hydrogens is 260 g/mol. The van der Waals surface area contributed by atoms with Gasteiger partial charge in [-0.1, -0.05) is 0 Å². The SMILES string of the molecule is Cc1sc(C)c2c1C=C(Br)N=C(N)C2. The Morgan fingerprint density at radius 3 is 2.86 bits per heavy atom. The van der Waals surface area contributed by atoms with Gasteiger partial charge < -0.3 is 5.73 Å². The third kappa shape index (κ3) is 1.64. The van der Waals surface area contributed by atoms with Crippen molar-refractivity contribution in [2.75, 3.05) is 0 Å². The Kier molecular flexibility index (Phi) is 2.49. The molecule has 0 spiro atoms. The third-order valence-corrected chi connectivity index (χ3v) is 3.79. The van der Waals surface area contributed by atoms with Gasteiger partial charge in [0.2, 0.25) is 0 Å². The first kappa shape index (κ1) is 9.93. The summed E-state index contributed by atoms with van der Waals surface area (Å²) in [6.07, 6.45) is 2.81. The molecule has 0 aliphatic carbocycles. The highest BCUT2D eigenvalue weighted by molar-refractivity contribution is 9.11. The highest BCUT2D eigenvalue weighted by Gasteiger charge is 2.15. The number of hydrogen-bond acceptors (Lipinski definition) is 3. The number of thiophene rings is 1. The normalized spacial score (nSPS) is 15.6. The molecule has 4 heteroatoms. The van der Waals surface area contributed by atoms with Crippen LogP contribution in [0, 0.1) is 13.8 Å². The second kappa shape index (κ2) is 3.51. The van der Waals surface area contributed by atoms with E-state index in [2.05, 4.69) is 34.8 Å². The molecule has 2 rings (SSSR count). The van der Waals surface area contributed by atoms with Crippen molar-refractivity contribution in [1.29, 1.82) is 0 Å². The lowest BCUT2D eigenvalue weighted by Gasteiger charge is -1.99. The van der Waals surface area contributed by atoms with E-state index in [-0.39, 0.29) is 0 Å². The number of nitrogens with zero attached hydrogens (tertiary/aromatic N) is 1. The highest BCUT2D eigenvalue weighted by atomic mass is 79.9. The summed E-state index contributed by atoms with van der Waals surface area (Å²) < 4.78 is 0.814. The van der Waals surface area contributed by atoms with E-state index in [1.807, 2.05) is 17.4 Å². The number of aryl methyl sites for hydroxylation is 2. The first-order valence-corrected chi connectivity index (χ1v) is 5.98. The summed E-state index contributed by atoms with van der Waals surface area (Å²) in [7, 11) is 0. The lowest BCUT2D eigenvalue weighted by Crippen LogP contribution is -2.14. The number of amidine groups is 1. The van der Waals surface area contributed by atoms with Gasteiger partial charge in [-0.05, 0) is 47.0 Å². The van der Waals surface area contributed by atoms with E-state index in [0.29, 0.717) is 5.84 Å². The summed E-state index contributed by atoms with van der Waals surface area (Å²) >= 11 is 5.21. The van der Waals surface area contributed by atoms with Crippen LogP contribution in [-0.2, 0) is 6.42 Å². The predicted octanol–water partition coefficient (Wildman–Crippen LogP) is 2.97. The van der Waals surface area contributed by atoms with Crippen LogP contribution in [0.25, 0.3) is 6.08 Å². The molecule has 0 radical (unpaired) electrons. The van der Waals surface area contributed by atoms with Crippen LogP contribution in [0.2, 0.25) is 0 Å². The van der Waals surface area contributed by atoms with Crippen molar-refractivity contribution in [2.24, 2.45) is 10.7 Å². The van der Waals surface area contributed by atoms with E-state index in [1.54, 1.807) is 0 Å². The van der Waals surface area contributed by atoms with Crippen molar-refractivity contribution < 1.29 is 0 Å². The fourth-order valence-electron chi connectivity index (χ4n) is 1.67. The van der Waals surface area contributed by atoms with Gasteiger partial charge in [0.05, 0.1) is 0 Å². The van der Waals surface area contributed by atoms with Gasteiger partial charge >= 0.3 is 0 Å². The topological polar surface area (TPSA) is 38.4 Å². The van der Waals surface area contributed by atoms with Crippen molar-refractivity contribution in [3.63, 3.8) is 0 Å². The molecular formula is C10H11BrN2S. The Morgan fingerprint density at radius 1 is 1.43 bits per heavy atom. The van der Waals surface area contributed by atoms with Crippen LogP contribution in [0.15, 0.2) is 9.60 Å². The largest absolute Gasteiger partial charge is 0.387 e. The van der Waals surface area contributed by atoms with E-state index < -0.39 is 0 Å². The molecule has 0 fully saturated rings. The van der Waals surface area contributed by atoms with Crippen LogP contribution in [-0.4, -0.2) is 5.84 Å². The van der Waals surface area contributed by atoms with Gasteiger partial charge in [0.25, 0.3) is 0 Å². The quantitative estimate of drug-likeness (QED) is 0.724. The van der Waals surface area contributed by atoms with Gasteiger partial charge in [-0.15, -0.1) is 11.3 Å². The average molecular weight is 271 g/mol. The van der Waals surface area contributed by atoms with E-state index >= 15 is 0 Å². The number of aliphatic imine (C=N–C) groups is 1. The predicted molar refractivity (Wildman–Crippen MR) is 66.0 cm³/mol. The standard InChI is InChI=1S/C10H11BrN2S/c1-5-7-3-9(11)13-10(12)4-8(7)6(2)14-5/h3H,4H2,1-2H3,(H2,12,13). The molecule has 0 amide bonds. The second-order valence-corrected chi connectivity index (χ2v) is 5.59. The molecule has 74 valence electrons. The zero-order valence-electron chi connectivity index (χ0n) is 8.10. The molecule has 0 saturated heterocycles. The molecule has 2 N–H and O–H groups in total. The first-order valence-electron chi connectivity index (χ1n) is 4.37. The molecule has 1 aliphatic heterocycles. The molecule has 2 nitrogen and oxygen atoms in total. The minimum Gasteiger partial charge on any atom is -0.387 e. The minimum atomic E-state index is 0.674. The molecule has 2 heterocycles. The van der Waals surface area contributed by atoms with Gasteiger partial charge in [-0.2, -0.15) is 0 Å². The average Bonchev–Trinajstić information content (AvgIpc) is 2.30. The summed E-state index contributed by atoms with van der Waals surface area (Å²) in [5.74, 6) is 0.674. The van der Waals surface area contributed by atoms with Gasteiger partial charge in [0.1, 0.15) is 10.4 Å². The number of rotatable bonds is 0. The van der Waals surface area contributed by atoms with Gasteiger partial charge in [0.15, 0.2) is 0 Å². The van der Waals surface area contributed by atoms with E-state index in [0.717, 1.165) is 11.0 Å². The Labute approximate surface area is 95.7 Å². The number of halogens is 1. The molecule has 1 aromatic heterocycles. The zero-order chi connectivity index (χ0) is 10.3. The number of hydrogen-bond donors (Lipinski definition) is 1. The molecule has 14 heavy (non-hydrogen) atoms. The molecule has 0 aromatic carbocycles. The Bertz CT molecular complexity index is 443. The van der Waals surface area contributed by atoms with Crippen LogP contribution in [0.4, 0.5) is 0 Å². The van der Waals surface area contributed by atoms with Crippen molar-refractivity contribution in [1.82, 2.24) is 0 Å². The van der Waals surface area contributed by atoms with Crippen LogP contribution < -0.4 is 5.73 Å². The molecule has 0 atom stereocenters. The van der Waals surface area contributed by atoms with E-state index in [1.165, 1.54) is 20.9 Å². The Hall–Kier alpha value is -0.610. The third-order valence-electron chi connectivity index (χ3n) is 2.31. The summed E-state index contributed by atoms with van der Waals surface area (Å²) in [4.78, 5) is 6.90. The fourth-order valence-corrected chi connectivity index (χ4v) is 3.18. The highest BCUT2D eigenvalue weighted by Crippen LogP contribution is 2.32. The maximum absolute atomic E-state index is 5.80. The Morgan fingerprint density at radius 2 is 2.14 bits per heavy atom. The molecule has 0 bridgehead atoms. The minimum absolute atomic E-state index is 0.674. The monoisotopic (exact) mass is 270 g/mol. The summed E-state index contributed by atoms with van der Waals surface area (Å²) in [6, 6.07) is 0. The maximum Gasteiger partial charge on any atom is 0.108 e. The molecule has 0 saturated carbocycles. The lowest BCUT2D eigenvalue weighted by atomic mass is 10.1. The van der Waals surface area contributed by atoms with Crippen LogP contribution in [0.1, 0.15) is 20.9 Å². The van der Waals surface area contributed by atoms with Crippen molar-refractivity contribution in [3.05, 3.63) is 25.5 Å². The molecule has 1 aromatic rings. The van der Waals surface area contributed by atoms with Gasteiger partial charge in [-0.3, -0.25) is 0 Å². The van der Waals surface area contributed by atoms with Crippen LogP contribution in [0.5, 0.6) is 0 Å². The first-order chi connectivity index (χ1) is 6.58. The van der Waals surface area contributed by atoms with Crippen molar-refractivity contribution >= 4 is 39.2 Å². The molecule has 0 unspecified atom stereocenters. The maximum atomic E-state index is 5.80. The Balaban J connectivity index is 2.63. The van der Waals surface area contributed by atoms with Crippen LogP contribution >= 0.6 is 27.3 Å². The number of nitrogens with two attached hydrogens (primary N) is 1. The van der Waals surface area contributed by atoms with E-state index in [9.17, 15) is 0 Å². The summed E-state index contributed by atoms with van der Waals surface area (Å²) in [5, 5.41) is 0. The summed E-state index contributed by atoms with van der Waals surface area (Å²) in [5.41, 5.74) is 8.41. The van der Waals surface area contributed by atoms with Crippen molar-refractivity contribution in [2.45, 2.75) is 20.3 Å². The lowest BCUT2D eigenvalue weighted by molar-refractivity contribution is 1.26.